The topological polar surface area (TPSA) is 116 Å². The Bertz CT molecular complexity index is 1120. The van der Waals surface area contributed by atoms with Crippen molar-refractivity contribution in [2.24, 2.45) is 7.05 Å². The summed E-state index contributed by atoms with van der Waals surface area (Å²) in [5, 5.41) is 18.8. The van der Waals surface area contributed by atoms with Crippen molar-refractivity contribution in [3.05, 3.63) is 35.6 Å². The predicted octanol–water partition coefficient (Wildman–Crippen LogP) is 1.89. The van der Waals surface area contributed by atoms with E-state index < -0.39 is 6.10 Å². The molecule has 4 heterocycles. The molecule has 0 aliphatic rings. The normalized spacial score (nSPS) is 12.6. The second-order valence-corrected chi connectivity index (χ2v) is 6.51. The van der Waals surface area contributed by atoms with E-state index in [9.17, 15) is 5.11 Å². The first-order valence-electron chi connectivity index (χ1n) is 8.36. The van der Waals surface area contributed by atoms with E-state index in [4.69, 9.17) is 21.1 Å². The zero-order chi connectivity index (χ0) is 19.8. The summed E-state index contributed by atoms with van der Waals surface area (Å²) in [6.45, 7) is 0.104. The number of aliphatic hydroxyl groups is 1. The Morgan fingerprint density at radius 2 is 2.14 bits per heavy atom. The Morgan fingerprint density at radius 3 is 2.82 bits per heavy atom. The molecule has 0 saturated heterocycles. The Morgan fingerprint density at radius 1 is 1.32 bits per heavy atom. The minimum absolute atomic E-state index is 0.104. The lowest BCUT2D eigenvalue weighted by atomic mass is 10.3. The van der Waals surface area contributed by atoms with Crippen molar-refractivity contribution >= 4 is 22.6 Å². The molecule has 1 atom stereocenters. The molecule has 10 nitrogen and oxygen atoms in total. The largest absolute Gasteiger partial charge is 0.480 e. The average molecular weight is 404 g/mol. The number of halogens is 1. The lowest BCUT2D eigenvalue weighted by Crippen LogP contribution is -2.07. The van der Waals surface area contributed by atoms with Crippen molar-refractivity contribution in [3.63, 3.8) is 0 Å². The molecule has 0 aliphatic carbocycles. The van der Waals surface area contributed by atoms with Crippen molar-refractivity contribution in [1.82, 2.24) is 34.3 Å². The first-order chi connectivity index (χ1) is 13.5. The molecule has 0 aliphatic heterocycles. The van der Waals surface area contributed by atoms with Gasteiger partial charge in [0.05, 0.1) is 25.6 Å². The number of aromatic nitrogens is 7. The number of nitrogens with zero attached hydrogens (tertiary/aromatic N) is 6. The van der Waals surface area contributed by atoms with Gasteiger partial charge in [-0.3, -0.25) is 0 Å². The van der Waals surface area contributed by atoms with Gasteiger partial charge >= 0.3 is 0 Å². The minimum atomic E-state index is -0.912. The number of fused-ring (bicyclic) bond motifs is 1. The number of hydrogen-bond donors (Lipinski definition) is 2. The van der Waals surface area contributed by atoms with Gasteiger partial charge in [0.2, 0.25) is 5.88 Å². The molecule has 0 radical (unpaired) electrons. The van der Waals surface area contributed by atoms with E-state index in [2.05, 4.69) is 25.1 Å². The molecular formula is C17H18ClN7O3. The maximum Gasteiger partial charge on any atom is 0.233 e. The number of methoxy groups -OCH3 is 2. The fourth-order valence-corrected chi connectivity index (χ4v) is 3.33. The van der Waals surface area contributed by atoms with Gasteiger partial charge in [0.15, 0.2) is 11.6 Å². The number of rotatable bonds is 6. The molecule has 0 bridgehead atoms. The summed E-state index contributed by atoms with van der Waals surface area (Å²) >= 11 is 6.29. The Kier molecular flexibility index (Phi) is 4.75. The van der Waals surface area contributed by atoms with E-state index in [1.54, 1.807) is 24.8 Å². The van der Waals surface area contributed by atoms with Crippen molar-refractivity contribution in [1.29, 1.82) is 0 Å². The van der Waals surface area contributed by atoms with Crippen molar-refractivity contribution in [3.8, 4) is 23.1 Å². The molecule has 4 aromatic rings. The predicted molar refractivity (Wildman–Crippen MR) is 102 cm³/mol. The maximum atomic E-state index is 10.1. The lowest BCUT2D eigenvalue weighted by Gasteiger charge is -2.06. The number of pyridine rings is 1. The molecule has 28 heavy (non-hydrogen) atoms. The van der Waals surface area contributed by atoms with E-state index in [0.717, 1.165) is 11.2 Å². The molecule has 2 N–H and O–H groups in total. The van der Waals surface area contributed by atoms with Crippen molar-refractivity contribution in [2.45, 2.75) is 6.10 Å². The van der Waals surface area contributed by atoms with Crippen LogP contribution in [0.1, 0.15) is 11.9 Å². The summed E-state index contributed by atoms with van der Waals surface area (Å²) in [6, 6.07) is 1.78. The molecule has 0 aromatic carbocycles. The summed E-state index contributed by atoms with van der Waals surface area (Å²) in [7, 11) is 4.89. The first kappa shape index (κ1) is 18.4. The Balaban J connectivity index is 1.98. The van der Waals surface area contributed by atoms with Crippen molar-refractivity contribution in [2.75, 3.05) is 20.8 Å². The van der Waals surface area contributed by atoms with Crippen LogP contribution in [-0.2, 0) is 11.8 Å². The van der Waals surface area contributed by atoms with Crippen LogP contribution in [0.4, 0.5) is 0 Å². The number of aliphatic hydroxyl groups excluding tert-OH is 1. The molecule has 0 fully saturated rings. The van der Waals surface area contributed by atoms with Crippen LogP contribution in [0.15, 0.2) is 24.8 Å². The first-order valence-corrected chi connectivity index (χ1v) is 8.74. The fraction of sp³-hybridized carbons (Fsp3) is 0.294. The third-order valence-electron chi connectivity index (χ3n) is 4.39. The zero-order valence-electron chi connectivity index (χ0n) is 15.4. The lowest BCUT2D eigenvalue weighted by molar-refractivity contribution is 0.0590. The van der Waals surface area contributed by atoms with Crippen LogP contribution in [-0.4, -0.2) is 60.2 Å². The van der Waals surface area contributed by atoms with Gasteiger partial charge in [-0.2, -0.15) is 0 Å². The van der Waals surface area contributed by atoms with E-state index >= 15 is 0 Å². The van der Waals surface area contributed by atoms with Crippen LogP contribution in [0, 0.1) is 0 Å². The van der Waals surface area contributed by atoms with Crippen LogP contribution in [0.2, 0.25) is 5.02 Å². The molecule has 1 unspecified atom stereocenters. The molecule has 4 aromatic heterocycles. The number of nitrogens with one attached hydrogen (secondary N) is 1. The van der Waals surface area contributed by atoms with Gasteiger partial charge in [-0.15, -0.1) is 10.2 Å². The van der Waals surface area contributed by atoms with Gasteiger partial charge in [-0.05, 0) is 6.07 Å². The zero-order valence-corrected chi connectivity index (χ0v) is 16.2. The summed E-state index contributed by atoms with van der Waals surface area (Å²) < 4.78 is 14.0. The number of imidazole rings is 1. The number of aromatic amines is 1. The standard InChI is InChI=1S/C17H18ClN7O3/c1-24-10-6-9(18)17(28-3)20-12(10)13(25-5-4-19-8-25)14(24)16-21-15(22-23-16)11(26)7-27-2/h4-6,8,11,26H,7H2,1-3H3,(H,21,22,23). The summed E-state index contributed by atoms with van der Waals surface area (Å²) in [5.41, 5.74) is 2.87. The third-order valence-corrected chi connectivity index (χ3v) is 4.66. The van der Waals surface area contributed by atoms with Crippen LogP contribution < -0.4 is 4.74 Å². The third kappa shape index (κ3) is 2.91. The quantitative estimate of drug-likeness (QED) is 0.505. The van der Waals surface area contributed by atoms with Crippen LogP contribution in [0.5, 0.6) is 5.88 Å². The summed E-state index contributed by atoms with van der Waals surface area (Å²) in [6.07, 6.45) is 4.23. The second-order valence-electron chi connectivity index (χ2n) is 6.10. The molecule has 146 valence electrons. The van der Waals surface area contributed by atoms with Gasteiger partial charge in [-0.1, -0.05) is 11.6 Å². The highest BCUT2D eigenvalue weighted by atomic mass is 35.5. The number of aryl methyl sites for hydroxylation is 1. The van der Waals surface area contributed by atoms with Gasteiger partial charge in [-0.25, -0.2) is 9.97 Å². The highest BCUT2D eigenvalue weighted by Gasteiger charge is 2.25. The molecule has 0 saturated carbocycles. The molecule has 11 heteroatoms. The number of hydrogen-bond acceptors (Lipinski definition) is 7. The van der Waals surface area contributed by atoms with Crippen LogP contribution >= 0.6 is 11.6 Å². The molecule has 0 amide bonds. The molecule has 4 rings (SSSR count). The molecule has 0 spiro atoms. The van der Waals surface area contributed by atoms with E-state index in [0.29, 0.717) is 33.8 Å². The van der Waals surface area contributed by atoms with E-state index in [1.807, 2.05) is 16.2 Å². The van der Waals surface area contributed by atoms with E-state index in [1.165, 1.54) is 14.2 Å². The van der Waals surface area contributed by atoms with Gasteiger partial charge in [0, 0.05) is 26.6 Å². The maximum absolute atomic E-state index is 10.1. The van der Waals surface area contributed by atoms with Crippen LogP contribution in [0.25, 0.3) is 28.2 Å². The van der Waals surface area contributed by atoms with Gasteiger partial charge in [0.25, 0.3) is 0 Å². The summed E-state index contributed by atoms with van der Waals surface area (Å²) in [4.78, 5) is 11.8. The number of ether oxygens (including phenoxy) is 2. The van der Waals surface area contributed by atoms with E-state index in [-0.39, 0.29) is 6.61 Å². The summed E-state index contributed by atoms with van der Waals surface area (Å²) in [5.74, 6) is 1.09. The highest BCUT2D eigenvalue weighted by Crippen LogP contribution is 2.37. The highest BCUT2D eigenvalue weighted by molar-refractivity contribution is 6.32. The van der Waals surface area contributed by atoms with Crippen LogP contribution in [0.3, 0.4) is 0 Å². The van der Waals surface area contributed by atoms with Crippen molar-refractivity contribution < 1.29 is 14.6 Å². The Labute approximate surface area is 164 Å². The fourth-order valence-electron chi connectivity index (χ4n) is 3.10. The van der Waals surface area contributed by atoms with Gasteiger partial charge < -0.3 is 28.7 Å². The second kappa shape index (κ2) is 7.23. The number of H-pyrrole nitrogens is 1. The SMILES string of the molecule is COCC(O)c1nnc(-c2c(-n3ccnc3)c3nc(OC)c(Cl)cc3n2C)[nH]1. The smallest absolute Gasteiger partial charge is 0.233 e. The average Bonchev–Trinajstić information content (AvgIpc) is 3.41. The monoisotopic (exact) mass is 403 g/mol. The Hall–Kier alpha value is -2.95. The molecular weight excluding hydrogens is 386 g/mol. The minimum Gasteiger partial charge on any atom is -0.480 e. The van der Waals surface area contributed by atoms with Gasteiger partial charge in [0.1, 0.15) is 28.0 Å².